The topological polar surface area (TPSA) is 68.2 Å². The van der Waals surface area contributed by atoms with Gasteiger partial charge in [0.15, 0.2) is 5.96 Å². The third-order valence-corrected chi connectivity index (χ3v) is 7.73. The number of nitrogens with one attached hydrogen (secondary N) is 1. The Bertz CT molecular complexity index is 1010. The number of nitrogens with zero attached hydrogens (tertiary/aromatic N) is 4. The lowest BCUT2D eigenvalue weighted by Gasteiger charge is -2.32. The zero-order valence-electron chi connectivity index (χ0n) is 18.9. The molecule has 0 bridgehead atoms. The molecule has 3 rings (SSSR count). The summed E-state index contributed by atoms with van der Waals surface area (Å²) in [6, 6.07) is 15.5. The first-order valence-corrected chi connectivity index (χ1v) is 12.0. The molecule has 1 heterocycles. The van der Waals surface area contributed by atoms with Crippen LogP contribution in [0.4, 0.5) is 0 Å². The molecule has 2 aromatic carbocycles. The SMILES string of the molecule is CN=C(NCc1ccccc1S(=O)(=O)N1CCN(C)CC1)N(C)Cc1ccccc1C. The zero-order valence-corrected chi connectivity index (χ0v) is 19.7. The van der Waals surface area contributed by atoms with Crippen molar-refractivity contribution < 1.29 is 8.42 Å². The molecule has 2 aromatic rings. The molecule has 0 spiro atoms. The van der Waals surface area contributed by atoms with Gasteiger partial charge in [0.1, 0.15) is 0 Å². The lowest BCUT2D eigenvalue weighted by atomic mass is 10.1. The number of benzene rings is 2. The highest BCUT2D eigenvalue weighted by atomic mass is 32.2. The van der Waals surface area contributed by atoms with Gasteiger partial charge in [-0.15, -0.1) is 0 Å². The van der Waals surface area contributed by atoms with Crippen molar-refractivity contribution in [2.24, 2.45) is 4.99 Å². The van der Waals surface area contributed by atoms with Gasteiger partial charge in [-0.1, -0.05) is 42.5 Å². The van der Waals surface area contributed by atoms with Crippen LogP contribution in [0.3, 0.4) is 0 Å². The second-order valence-corrected chi connectivity index (χ2v) is 9.90. The third-order valence-electron chi connectivity index (χ3n) is 5.73. The van der Waals surface area contributed by atoms with Gasteiger partial charge in [0.05, 0.1) is 4.90 Å². The summed E-state index contributed by atoms with van der Waals surface area (Å²) in [5.41, 5.74) is 3.20. The quantitative estimate of drug-likeness (QED) is 0.547. The normalized spacial score (nSPS) is 16.3. The lowest BCUT2D eigenvalue weighted by molar-refractivity contribution is 0.222. The molecule has 1 aliphatic heterocycles. The van der Waals surface area contributed by atoms with Crippen molar-refractivity contribution in [2.45, 2.75) is 24.9 Å². The third kappa shape index (κ3) is 5.64. The van der Waals surface area contributed by atoms with E-state index in [1.165, 1.54) is 11.1 Å². The molecule has 1 saturated heterocycles. The van der Waals surface area contributed by atoms with Crippen LogP contribution in [0.2, 0.25) is 0 Å². The first-order chi connectivity index (χ1) is 14.8. The van der Waals surface area contributed by atoms with Crippen LogP contribution in [0.1, 0.15) is 16.7 Å². The molecule has 0 aromatic heterocycles. The number of aryl methyl sites for hydroxylation is 1. The molecule has 1 fully saturated rings. The molecule has 168 valence electrons. The molecule has 0 aliphatic carbocycles. The predicted octanol–water partition coefficient (Wildman–Crippen LogP) is 2.14. The summed E-state index contributed by atoms with van der Waals surface area (Å²) in [7, 11) is 2.20. The van der Waals surface area contributed by atoms with Crippen LogP contribution in [0.15, 0.2) is 58.4 Å². The molecule has 0 amide bonds. The molecule has 0 radical (unpaired) electrons. The first-order valence-electron chi connectivity index (χ1n) is 10.6. The molecule has 1 N–H and O–H groups in total. The molecule has 8 heteroatoms. The van der Waals surface area contributed by atoms with Crippen LogP contribution < -0.4 is 5.32 Å². The lowest BCUT2D eigenvalue weighted by Crippen LogP contribution is -2.47. The van der Waals surface area contributed by atoms with Crippen molar-refractivity contribution in [3.63, 3.8) is 0 Å². The van der Waals surface area contributed by atoms with Gasteiger partial charge in [-0.05, 0) is 36.7 Å². The Labute approximate surface area is 186 Å². The number of aliphatic imine (C=N–C) groups is 1. The van der Waals surface area contributed by atoms with Gasteiger partial charge in [-0.3, -0.25) is 4.99 Å². The smallest absolute Gasteiger partial charge is 0.243 e. The van der Waals surface area contributed by atoms with E-state index in [-0.39, 0.29) is 0 Å². The van der Waals surface area contributed by atoms with Crippen molar-refractivity contribution in [1.82, 2.24) is 19.4 Å². The summed E-state index contributed by atoms with van der Waals surface area (Å²) in [4.78, 5) is 8.94. The Kier molecular flexibility index (Phi) is 7.69. The monoisotopic (exact) mass is 443 g/mol. The minimum Gasteiger partial charge on any atom is -0.352 e. The molecule has 7 nitrogen and oxygen atoms in total. The Morgan fingerprint density at radius 2 is 1.65 bits per heavy atom. The number of piperazine rings is 1. The highest BCUT2D eigenvalue weighted by Crippen LogP contribution is 2.21. The van der Waals surface area contributed by atoms with Gasteiger partial charge in [0, 0.05) is 53.4 Å². The van der Waals surface area contributed by atoms with Crippen molar-refractivity contribution in [2.75, 3.05) is 47.3 Å². The molecule has 1 aliphatic rings. The fourth-order valence-electron chi connectivity index (χ4n) is 3.75. The van der Waals surface area contributed by atoms with E-state index in [0.717, 1.165) is 24.6 Å². The van der Waals surface area contributed by atoms with Crippen LogP contribution >= 0.6 is 0 Å². The first kappa shape index (κ1) is 23.2. The van der Waals surface area contributed by atoms with E-state index in [1.54, 1.807) is 23.5 Å². The van der Waals surface area contributed by atoms with E-state index in [2.05, 4.69) is 34.3 Å². The zero-order chi connectivity index (χ0) is 22.4. The predicted molar refractivity (Wildman–Crippen MR) is 126 cm³/mol. The fourth-order valence-corrected chi connectivity index (χ4v) is 5.39. The van der Waals surface area contributed by atoms with E-state index < -0.39 is 10.0 Å². The maximum absolute atomic E-state index is 13.3. The molecule has 0 unspecified atom stereocenters. The van der Waals surface area contributed by atoms with E-state index in [1.807, 2.05) is 43.3 Å². The number of sulfonamides is 1. The van der Waals surface area contributed by atoms with Crippen LogP contribution in [0, 0.1) is 6.92 Å². The van der Waals surface area contributed by atoms with Gasteiger partial charge >= 0.3 is 0 Å². The van der Waals surface area contributed by atoms with Gasteiger partial charge in [0.25, 0.3) is 0 Å². The number of rotatable bonds is 6. The largest absolute Gasteiger partial charge is 0.352 e. The van der Waals surface area contributed by atoms with Gasteiger partial charge in [-0.2, -0.15) is 4.31 Å². The second kappa shape index (κ2) is 10.3. The fraction of sp³-hybridized carbons (Fsp3) is 0.435. The summed E-state index contributed by atoms with van der Waals surface area (Å²) >= 11 is 0. The van der Waals surface area contributed by atoms with Crippen LogP contribution in [0.25, 0.3) is 0 Å². The van der Waals surface area contributed by atoms with E-state index in [4.69, 9.17) is 0 Å². The van der Waals surface area contributed by atoms with Crippen molar-refractivity contribution >= 4 is 16.0 Å². The van der Waals surface area contributed by atoms with Crippen LogP contribution in [-0.2, 0) is 23.1 Å². The summed E-state index contributed by atoms with van der Waals surface area (Å²) in [6.07, 6.45) is 0. The maximum Gasteiger partial charge on any atom is 0.243 e. The van der Waals surface area contributed by atoms with Crippen LogP contribution in [0.5, 0.6) is 0 Å². The molecular formula is C23H33N5O2S. The molecule has 0 atom stereocenters. The molecule has 0 saturated carbocycles. The average molecular weight is 444 g/mol. The highest BCUT2D eigenvalue weighted by Gasteiger charge is 2.29. The summed E-state index contributed by atoms with van der Waals surface area (Å²) in [5, 5.41) is 3.33. The van der Waals surface area contributed by atoms with Crippen molar-refractivity contribution in [3.05, 3.63) is 65.2 Å². The van der Waals surface area contributed by atoms with Crippen molar-refractivity contribution in [3.8, 4) is 0 Å². The average Bonchev–Trinajstić information content (AvgIpc) is 2.76. The summed E-state index contributed by atoms with van der Waals surface area (Å²) in [5.74, 6) is 0.718. The van der Waals surface area contributed by atoms with E-state index >= 15 is 0 Å². The Hall–Kier alpha value is -2.42. The van der Waals surface area contributed by atoms with Gasteiger partial charge < -0.3 is 15.1 Å². The van der Waals surface area contributed by atoms with Gasteiger partial charge in [0.2, 0.25) is 10.0 Å². The molecule has 31 heavy (non-hydrogen) atoms. The number of hydrogen-bond donors (Lipinski definition) is 1. The number of hydrogen-bond acceptors (Lipinski definition) is 4. The van der Waals surface area contributed by atoms with Crippen molar-refractivity contribution in [1.29, 1.82) is 0 Å². The highest BCUT2D eigenvalue weighted by molar-refractivity contribution is 7.89. The number of likely N-dealkylation sites (N-methyl/N-ethyl adjacent to an activating group) is 1. The Morgan fingerprint density at radius 1 is 1.03 bits per heavy atom. The maximum atomic E-state index is 13.3. The van der Waals surface area contributed by atoms with Gasteiger partial charge in [-0.25, -0.2) is 8.42 Å². The summed E-state index contributed by atoms with van der Waals surface area (Å²) in [6.45, 7) is 5.72. The van der Waals surface area contributed by atoms with E-state index in [9.17, 15) is 8.42 Å². The standard InChI is InChI=1S/C23H33N5O2S/c1-19-9-5-6-11-21(19)18-27(4)23(24-2)25-17-20-10-7-8-12-22(20)31(29,30)28-15-13-26(3)14-16-28/h5-12H,13-18H2,1-4H3,(H,24,25). The molecular weight excluding hydrogens is 410 g/mol. The summed E-state index contributed by atoms with van der Waals surface area (Å²) < 4.78 is 28.1. The Morgan fingerprint density at radius 3 is 2.29 bits per heavy atom. The minimum absolute atomic E-state index is 0.365. The second-order valence-electron chi connectivity index (χ2n) is 8.00. The van der Waals surface area contributed by atoms with E-state index in [0.29, 0.717) is 31.1 Å². The van der Waals surface area contributed by atoms with Crippen LogP contribution in [-0.4, -0.2) is 75.8 Å². The Balaban J connectivity index is 1.72. The minimum atomic E-state index is -3.53. The number of guanidine groups is 1.